The third-order valence-corrected chi connectivity index (χ3v) is 3.23. The third kappa shape index (κ3) is 1.88. The molecular weight excluding hydrogens is 238 g/mol. The summed E-state index contributed by atoms with van der Waals surface area (Å²) >= 11 is 0. The maximum absolute atomic E-state index is 11.6. The van der Waals surface area contributed by atoms with Gasteiger partial charge in [-0.05, 0) is 0 Å². The summed E-state index contributed by atoms with van der Waals surface area (Å²) in [6, 6.07) is -0.506. The van der Waals surface area contributed by atoms with E-state index in [1.807, 2.05) is 4.90 Å². The number of carbonyl (C=O) groups excluding carboxylic acids is 1. The van der Waals surface area contributed by atoms with Crippen molar-refractivity contribution >= 4 is 18.6 Å². The highest BCUT2D eigenvalue weighted by Crippen LogP contribution is 2.21. The highest BCUT2D eigenvalue weighted by molar-refractivity contribution is 5.96. The molecule has 0 bridgehead atoms. The van der Waals surface area contributed by atoms with E-state index in [-0.39, 0.29) is 31.0 Å². The predicted molar refractivity (Wildman–Crippen MR) is 63.2 cm³/mol. The van der Waals surface area contributed by atoms with Crippen LogP contribution in [-0.4, -0.2) is 72.8 Å². The van der Waals surface area contributed by atoms with Crippen LogP contribution in [0.1, 0.15) is 0 Å². The molecule has 3 N–H and O–H groups in total. The Hall–Kier alpha value is -1.51. The number of ether oxygens (including phenoxy) is 1. The van der Waals surface area contributed by atoms with E-state index in [1.165, 1.54) is 6.34 Å². The number of nitrogens with one attached hydrogen (secondary N) is 2. The number of morpholine rings is 1. The zero-order chi connectivity index (χ0) is 12.5. The largest absolute Gasteiger partial charge is 0.394 e. The number of hydrogen-bond donors (Lipinski definition) is 3. The minimum atomic E-state index is -0.506. The van der Waals surface area contributed by atoms with Gasteiger partial charge in [0.2, 0.25) is 0 Å². The Bertz CT molecular complexity index is 399. The maximum Gasteiger partial charge on any atom is 0.254 e. The number of rotatable bonds is 2. The minimum absolute atomic E-state index is 0.0354. The van der Waals surface area contributed by atoms with Crippen molar-refractivity contribution in [1.29, 1.82) is 0 Å². The van der Waals surface area contributed by atoms with Gasteiger partial charge in [0.15, 0.2) is 12.2 Å². The lowest BCUT2D eigenvalue weighted by atomic mass is 10.2. The standard InChI is InChI=1S/C10H15N5O3/c16-3-6-1-11-2-7(18-6)15-5-14-8-9(15)12-4-13-10(8)17/h4-9,11,16H,1-3H2,(H,12,13,17)/t6-,7+,8?,9?/m0/s1. The fourth-order valence-corrected chi connectivity index (χ4v) is 2.30. The van der Waals surface area contributed by atoms with E-state index in [9.17, 15) is 4.79 Å². The van der Waals surface area contributed by atoms with Crippen molar-refractivity contribution in [2.75, 3.05) is 19.7 Å². The van der Waals surface area contributed by atoms with E-state index in [2.05, 4.69) is 20.6 Å². The molecule has 0 aromatic rings. The summed E-state index contributed by atoms with van der Waals surface area (Å²) in [6.45, 7) is 1.20. The molecule has 98 valence electrons. The van der Waals surface area contributed by atoms with E-state index in [0.29, 0.717) is 13.1 Å². The average molecular weight is 253 g/mol. The first-order valence-electron chi connectivity index (χ1n) is 5.89. The molecule has 8 heteroatoms. The summed E-state index contributed by atoms with van der Waals surface area (Å²) in [6.07, 6.45) is 2.15. The Morgan fingerprint density at radius 3 is 3.22 bits per heavy atom. The van der Waals surface area contributed by atoms with Crippen LogP contribution in [0.4, 0.5) is 0 Å². The molecule has 4 atom stereocenters. The molecule has 3 aliphatic rings. The number of nitrogens with zero attached hydrogens (tertiary/aromatic N) is 3. The van der Waals surface area contributed by atoms with Crippen LogP contribution < -0.4 is 10.6 Å². The van der Waals surface area contributed by atoms with Gasteiger partial charge in [-0.25, -0.2) is 4.99 Å². The van der Waals surface area contributed by atoms with Gasteiger partial charge < -0.3 is 25.4 Å². The zero-order valence-corrected chi connectivity index (χ0v) is 9.69. The molecule has 1 amide bonds. The number of aliphatic hydroxyl groups is 1. The number of aliphatic imine (C=N–C) groups is 2. The third-order valence-electron chi connectivity index (χ3n) is 3.23. The molecule has 0 aliphatic carbocycles. The normalized spacial score (nSPS) is 38.7. The van der Waals surface area contributed by atoms with Crippen LogP contribution in [0, 0.1) is 0 Å². The van der Waals surface area contributed by atoms with Crippen molar-refractivity contribution < 1.29 is 14.6 Å². The lowest BCUT2D eigenvalue weighted by Gasteiger charge is -2.38. The Kier molecular flexibility index (Phi) is 2.98. The van der Waals surface area contributed by atoms with Crippen molar-refractivity contribution in [2.24, 2.45) is 9.98 Å². The van der Waals surface area contributed by atoms with Crippen LogP contribution in [0.25, 0.3) is 0 Å². The van der Waals surface area contributed by atoms with Gasteiger partial charge in [-0.15, -0.1) is 0 Å². The molecule has 3 aliphatic heterocycles. The van der Waals surface area contributed by atoms with E-state index in [1.54, 1.807) is 6.34 Å². The summed E-state index contributed by atoms with van der Waals surface area (Å²) in [5, 5.41) is 14.8. The fraction of sp³-hybridized carbons (Fsp3) is 0.700. The summed E-state index contributed by atoms with van der Waals surface area (Å²) in [5.74, 6) is -0.156. The topological polar surface area (TPSA) is 98.6 Å². The Labute approximate surface area is 104 Å². The van der Waals surface area contributed by atoms with Crippen LogP contribution >= 0.6 is 0 Å². The van der Waals surface area contributed by atoms with Gasteiger partial charge in [0, 0.05) is 13.1 Å². The predicted octanol–water partition coefficient (Wildman–Crippen LogP) is -2.51. The number of amides is 1. The average Bonchev–Trinajstić information content (AvgIpc) is 2.84. The Morgan fingerprint density at radius 2 is 2.39 bits per heavy atom. The van der Waals surface area contributed by atoms with Gasteiger partial charge >= 0.3 is 0 Å². The zero-order valence-electron chi connectivity index (χ0n) is 9.69. The van der Waals surface area contributed by atoms with Crippen LogP contribution in [0.2, 0.25) is 0 Å². The van der Waals surface area contributed by atoms with Crippen molar-refractivity contribution in [2.45, 2.75) is 24.5 Å². The number of aliphatic hydroxyl groups excluding tert-OH is 1. The van der Waals surface area contributed by atoms with Gasteiger partial charge in [0.1, 0.15) is 6.23 Å². The maximum atomic E-state index is 11.6. The quantitative estimate of drug-likeness (QED) is 0.505. The smallest absolute Gasteiger partial charge is 0.254 e. The molecule has 1 fully saturated rings. The monoisotopic (exact) mass is 253 g/mol. The number of hydrogen-bond acceptors (Lipinski definition) is 7. The molecule has 0 aromatic carbocycles. The SMILES string of the molecule is O=C1NC=NC2C1N=CN2[C@H]1CNC[C@@H](CO)O1. The van der Waals surface area contributed by atoms with Crippen LogP contribution in [0.3, 0.4) is 0 Å². The summed E-state index contributed by atoms with van der Waals surface area (Å²) in [4.78, 5) is 21.8. The van der Waals surface area contributed by atoms with E-state index < -0.39 is 6.04 Å². The summed E-state index contributed by atoms with van der Waals surface area (Å²) in [7, 11) is 0. The molecule has 0 spiro atoms. The van der Waals surface area contributed by atoms with Gasteiger partial charge in [-0.1, -0.05) is 0 Å². The Morgan fingerprint density at radius 1 is 1.50 bits per heavy atom. The molecule has 0 radical (unpaired) electrons. The molecule has 3 rings (SSSR count). The first-order valence-corrected chi connectivity index (χ1v) is 5.89. The van der Waals surface area contributed by atoms with Gasteiger partial charge in [-0.3, -0.25) is 9.79 Å². The molecule has 0 saturated carbocycles. The molecule has 3 heterocycles. The first kappa shape index (κ1) is 11.6. The molecule has 1 saturated heterocycles. The van der Waals surface area contributed by atoms with Gasteiger partial charge in [0.05, 0.1) is 25.4 Å². The van der Waals surface area contributed by atoms with Gasteiger partial charge in [0.25, 0.3) is 5.91 Å². The molecule has 8 nitrogen and oxygen atoms in total. The fourth-order valence-electron chi connectivity index (χ4n) is 2.30. The van der Waals surface area contributed by atoms with Crippen molar-refractivity contribution in [3.05, 3.63) is 0 Å². The highest BCUT2D eigenvalue weighted by atomic mass is 16.5. The second-order valence-corrected chi connectivity index (χ2v) is 4.41. The Balaban J connectivity index is 1.73. The second-order valence-electron chi connectivity index (χ2n) is 4.41. The van der Waals surface area contributed by atoms with Gasteiger partial charge in [-0.2, -0.15) is 0 Å². The number of carbonyl (C=O) groups is 1. The second kappa shape index (κ2) is 4.63. The molecule has 2 unspecified atom stereocenters. The summed E-state index contributed by atoms with van der Waals surface area (Å²) in [5.41, 5.74) is 0. The molecule has 18 heavy (non-hydrogen) atoms. The lowest BCUT2D eigenvalue weighted by molar-refractivity contribution is -0.128. The molecule has 0 aromatic heterocycles. The summed E-state index contributed by atoms with van der Waals surface area (Å²) < 4.78 is 5.72. The van der Waals surface area contributed by atoms with Crippen molar-refractivity contribution in [3.63, 3.8) is 0 Å². The van der Waals surface area contributed by atoms with Crippen LogP contribution in [-0.2, 0) is 9.53 Å². The number of fused-ring (bicyclic) bond motifs is 1. The van der Waals surface area contributed by atoms with Crippen LogP contribution in [0.5, 0.6) is 0 Å². The highest BCUT2D eigenvalue weighted by Gasteiger charge is 2.41. The first-order chi connectivity index (χ1) is 8.79. The van der Waals surface area contributed by atoms with E-state index in [0.717, 1.165) is 0 Å². The van der Waals surface area contributed by atoms with E-state index in [4.69, 9.17) is 9.84 Å². The van der Waals surface area contributed by atoms with Crippen molar-refractivity contribution in [1.82, 2.24) is 15.5 Å². The van der Waals surface area contributed by atoms with E-state index >= 15 is 0 Å². The van der Waals surface area contributed by atoms with Crippen LogP contribution in [0.15, 0.2) is 9.98 Å². The molecular formula is C10H15N5O3. The van der Waals surface area contributed by atoms with Crippen molar-refractivity contribution in [3.8, 4) is 0 Å². The minimum Gasteiger partial charge on any atom is -0.394 e. The lowest BCUT2D eigenvalue weighted by Crippen LogP contribution is -2.57.